The zero-order valence-corrected chi connectivity index (χ0v) is 20.4. The van der Waals surface area contributed by atoms with E-state index in [1.54, 1.807) is 33.5 Å². The van der Waals surface area contributed by atoms with Crippen LogP contribution < -0.4 is 24.4 Å². The highest BCUT2D eigenvalue weighted by Crippen LogP contribution is 2.50. The maximum Gasteiger partial charge on any atom is 0.220 e. The first-order valence-electron chi connectivity index (χ1n) is 11.3. The van der Waals surface area contributed by atoms with Crippen LogP contribution >= 0.6 is 0 Å². The Labute approximate surface area is 200 Å². The number of rotatable bonds is 7. The quantitative estimate of drug-likeness (QED) is 0.501. The van der Waals surface area contributed by atoms with Gasteiger partial charge in [-0.25, -0.2) is 0 Å². The van der Waals surface area contributed by atoms with Crippen LogP contribution in [0.3, 0.4) is 0 Å². The van der Waals surface area contributed by atoms with Crippen molar-refractivity contribution in [3.05, 3.63) is 81.5 Å². The summed E-state index contributed by atoms with van der Waals surface area (Å²) in [6, 6.07) is 17.8. The fraction of sp³-hybridized carbons (Fsp3) is 0.321. The molecule has 0 saturated heterocycles. The van der Waals surface area contributed by atoms with Crippen LogP contribution in [0.15, 0.2) is 59.4 Å². The molecular formula is C28H31NO5. The predicted octanol–water partition coefficient (Wildman–Crippen LogP) is 4.87. The number of ether oxygens (including phenoxy) is 4. The van der Waals surface area contributed by atoms with Crippen LogP contribution in [0, 0.1) is 0 Å². The Morgan fingerprint density at radius 3 is 2.21 bits per heavy atom. The molecule has 3 aromatic rings. The van der Waals surface area contributed by atoms with E-state index in [9.17, 15) is 4.79 Å². The maximum absolute atomic E-state index is 13.0. The lowest BCUT2D eigenvalue weighted by Gasteiger charge is -2.28. The molecule has 0 radical (unpaired) electrons. The van der Waals surface area contributed by atoms with Crippen molar-refractivity contribution in [3.63, 3.8) is 0 Å². The lowest BCUT2D eigenvalue weighted by molar-refractivity contribution is 0.226. The van der Waals surface area contributed by atoms with E-state index in [2.05, 4.69) is 24.1 Å². The standard InChI is InChI=1S/C28H31NO5/c1-29(17-18-9-7-6-8-10-18)22-13-11-19-15-25(32-3)27(33-4)28(34-5)26(19)20-12-14-24(31-2)23(30)16-21(20)22/h6-10,12,14-16,22H,11,13,17H2,1-5H3. The monoisotopic (exact) mass is 461 g/mol. The molecule has 0 bridgehead atoms. The summed E-state index contributed by atoms with van der Waals surface area (Å²) < 4.78 is 22.5. The minimum atomic E-state index is -0.148. The van der Waals surface area contributed by atoms with Crippen molar-refractivity contribution in [2.24, 2.45) is 0 Å². The van der Waals surface area contributed by atoms with E-state index in [1.165, 1.54) is 12.7 Å². The molecule has 3 aromatic carbocycles. The molecule has 0 fully saturated rings. The van der Waals surface area contributed by atoms with E-state index < -0.39 is 0 Å². The number of aryl methyl sites for hydroxylation is 1. The molecule has 0 heterocycles. The molecule has 1 unspecified atom stereocenters. The molecule has 1 aliphatic carbocycles. The topological polar surface area (TPSA) is 57.2 Å². The highest BCUT2D eigenvalue weighted by Gasteiger charge is 2.30. The summed E-state index contributed by atoms with van der Waals surface area (Å²) in [7, 11) is 8.47. The summed E-state index contributed by atoms with van der Waals surface area (Å²) in [6.07, 6.45) is 1.62. The van der Waals surface area contributed by atoms with Gasteiger partial charge in [0, 0.05) is 18.2 Å². The summed E-state index contributed by atoms with van der Waals surface area (Å²) in [5.41, 5.74) is 4.94. The van der Waals surface area contributed by atoms with Gasteiger partial charge in [0.1, 0.15) is 0 Å². The summed E-state index contributed by atoms with van der Waals surface area (Å²) in [6.45, 7) is 0.759. The van der Waals surface area contributed by atoms with Crippen LogP contribution in [-0.2, 0) is 13.0 Å². The van der Waals surface area contributed by atoms with Gasteiger partial charge < -0.3 is 18.9 Å². The average Bonchev–Trinajstić information content (AvgIpc) is 3.10. The molecule has 0 spiro atoms. The smallest absolute Gasteiger partial charge is 0.220 e. The summed E-state index contributed by atoms with van der Waals surface area (Å²) >= 11 is 0. The lowest BCUT2D eigenvalue weighted by Crippen LogP contribution is -2.25. The van der Waals surface area contributed by atoms with Gasteiger partial charge >= 0.3 is 0 Å². The Bertz CT molecular complexity index is 1230. The van der Waals surface area contributed by atoms with Gasteiger partial charge in [-0.05, 0) is 60.3 Å². The van der Waals surface area contributed by atoms with E-state index in [0.717, 1.165) is 41.6 Å². The number of fused-ring (bicyclic) bond motifs is 3. The molecule has 6 nitrogen and oxygen atoms in total. The number of hydrogen-bond donors (Lipinski definition) is 0. The maximum atomic E-state index is 13.0. The molecule has 4 rings (SSSR count). The molecule has 1 atom stereocenters. The molecule has 0 aromatic heterocycles. The molecule has 0 amide bonds. The highest BCUT2D eigenvalue weighted by atomic mass is 16.5. The van der Waals surface area contributed by atoms with Crippen molar-refractivity contribution in [1.29, 1.82) is 0 Å². The molecule has 1 aliphatic rings. The van der Waals surface area contributed by atoms with Gasteiger partial charge in [-0.1, -0.05) is 36.4 Å². The van der Waals surface area contributed by atoms with Gasteiger partial charge in [0.05, 0.1) is 28.4 Å². The van der Waals surface area contributed by atoms with E-state index in [0.29, 0.717) is 23.0 Å². The number of methoxy groups -OCH3 is 4. The van der Waals surface area contributed by atoms with Gasteiger partial charge in [-0.2, -0.15) is 0 Å². The lowest BCUT2D eigenvalue weighted by atomic mass is 9.95. The molecule has 0 aliphatic heterocycles. The van der Waals surface area contributed by atoms with Crippen LogP contribution in [0.25, 0.3) is 11.1 Å². The first-order valence-corrected chi connectivity index (χ1v) is 11.3. The molecule has 6 heteroatoms. The highest BCUT2D eigenvalue weighted by molar-refractivity contribution is 5.82. The van der Waals surface area contributed by atoms with E-state index in [4.69, 9.17) is 18.9 Å². The van der Waals surface area contributed by atoms with Crippen LogP contribution in [0.2, 0.25) is 0 Å². The van der Waals surface area contributed by atoms with Gasteiger partial charge in [0.2, 0.25) is 11.2 Å². The van der Waals surface area contributed by atoms with Crippen LogP contribution in [0.4, 0.5) is 0 Å². The Kier molecular flexibility index (Phi) is 7.08. The van der Waals surface area contributed by atoms with Crippen LogP contribution in [0.5, 0.6) is 23.0 Å². The van der Waals surface area contributed by atoms with E-state index in [1.807, 2.05) is 30.3 Å². The Hall–Kier alpha value is -3.51. The molecule has 0 saturated carbocycles. The van der Waals surface area contributed by atoms with Crippen molar-refractivity contribution >= 4 is 0 Å². The second-order valence-electron chi connectivity index (χ2n) is 8.41. The Morgan fingerprint density at radius 1 is 0.853 bits per heavy atom. The van der Waals surface area contributed by atoms with Crippen LogP contribution in [0.1, 0.15) is 29.2 Å². The van der Waals surface area contributed by atoms with Gasteiger partial charge in [-0.3, -0.25) is 9.69 Å². The third kappa shape index (κ3) is 4.33. The second kappa shape index (κ2) is 10.2. The fourth-order valence-corrected chi connectivity index (χ4v) is 4.89. The average molecular weight is 462 g/mol. The predicted molar refractivity (Wildman–Crippen MR) is 133 cm³/mol. The number of hydrogen-bond acceptors (Lipinski definition) is 6. The van der Waals surface area contributed by atoms with Crippen molar-refractivity contribution in [2.75, 3.05) is 35.5 Å². The molecule has 34 heavy (non-hydrogen) atoms. The van der Waals surface area contributed by atoms with Crippen molar-refractivity contribution in [1.82, 2.24) is 4.90 Å². The minimum Gasteiger partial charge on any atom is -0.493 e. The first kappa shape index (κ1) is 23.6. The van der Waals surface area contributed by atoms with Gasteiger partial charge in [0.15, 0.2) is 17.2 Å². The first-order chi connectivity index (χ1) is 16.5. The zero-order valence-electron chi connectivity index (χ0n) is 20.4. The SMILES string of the molecule is COc1cc2c(c(OC)c1OC)-c1ccc(OC)c(=O)cc1C(N(C)Cc1ccccc1)CC2. The number of benzene rings is 2. The Morgan fingerprint density at radius 2 is 1.56 bits per heavy atom. The minimum absolute atomic E-state index is 0.00843. The van der Waals surface area contributed by atoms with Crippen LogP contribution in [-0.4, -0.2) is 40.4 Å². The van der Waals surface area contributed by atoms with Crippen molar-refractivity contribution in [2.45, 2.75) is 25.4 Å². The van der Waals surface area contributed by atoms with Crippen molar-refractivity contribution < 1.29 is 18.9 Å². The Balaban J connectivity index is 1.96. The van der Waals surface area contributed by atoms with Crippen molar-refractivity contribution in [3.8, 4) is 34.1 Å². The third-order valence-electron chi connectivity index (χ3n) is 6.50. The molecular weight excluding hydrogens is 430 g/mol. The molecule has 0 N–H and O–H groups in total. The van der Waals surface area contributed by atoms with Gasteiger partial charge in [0.25, 0.3) is 0 Å². The molecule has 178 valence electrons. The van der Waals surface area contributed by atoms with E-state index in [-0.39, 0.29) is 11.5 Å². The van der Waals surface area contributed by atoms with Gasteiger partial charge in [-0.15, -0.1) is 0 Å². The number of nitrogens with zero attached hydrogens (tertiary/aromatic N) is 1. The largest absolute Gasteiger partial charge is 0.493 e. The zero-order chi connectivity index (χ0) is 24.2. The third-order valence-corrected chi connectivity index (χ3v) is 6.50. The second-order valence-corrected chi connectivity index (χ2v) is 8.41. The normalized spacial score (nSPS) is 14.6. The summed E-state index contributed by atoms with van der Waals surface area (Å²) in [5.74, 6) is 2.06. The fourth-order valence-electron chi connectivity index (χ4n) is 4.89. The summed E-state index contributed by atoms with van der Waals surface area (Å²) in [4.78, 5) is 15.3. The van der Waals surface area contributed by atoms with E-state index >= 15 is 0 Å². The summed E-state index contributed by atoms with van der Waals surface area (Å²) in [5, 5.41) is 0.